The predicted octanol–water partition coefficient (Wildman–Crippen LogP) is 3.43. The van der Waals surface area contributed by atoms with Crippen LogP contribution in [-0.2, 0) is 6.42 Å². The van der Waals surface area contributed by atoms with E-state index in [1.165, 1.54) is 5.56 Å². The van der Waals surface area contributed by atoms with E-state index >= 15 is 0 Å². The number of rotatable bonds is 5. The highest BCUT2D eigenvalue weighted by atomic mass is 16.2. The molecule has 2 aromatic carbocycles. The second kappa shape index (κ2) is 7.24. The molecular weight excluding hydrogens is 248 g/mol. The van der Waals surface area contributed by atoms with Crippen molar-refractivity contribution in [3.05, 3.63) is 71.8 Å². The molecule has 2 rings (SSSR count). The summed E-state index contributed by atoms with van der Waals surface area (Å²) in [6.07, 6.45) is 1.76. The Hall–Kier alpha value is -2.42. The van der Waals surface area contributed by atoms with Crippen LogP contribution in [0, 0.1) is 0 Å². The van der Waals surface area contributed by atoms with E-state index in [-0.39, 0.29) is 5.91 Å². The van der Waals surface area contributed by atoms with E-state index in [1.807, 2.05) is 43.3 Å². The third-order valence-corrected chi connectivity index (χ3v) is 3.00. The number of aryl methyl sites for hydroxylation is 1. The van der Waals surface area contributed by atoms with Gasteiger partial charge in [-0.15, -0.1) is 0 Å². The second-order valence-electron chi connectivity index (χ2n) is 4.64. The zero-order valence-corrected chi connectivity index (χ0v) is 11.5. The highest BCUT2D eigenvalue weighted by Crippen LogP contribution is 2.03. The molecule has 3 heteroatoms. The van der Waals surface area contributed by atoms with Crippen molar-refractivity contribution < 1.29 is 4.79 Å². The Morgan fingerprint density at radius 2 is 1.60 bits per heavy atom. The van der Waals surface area contributed by atoms with Gasteiger partial charge in [0.1, 0.15) is 0 Å². The van der Waals surface area contributed by atoms with E-state index in [2.05, 4.69) is 22.7 Å². The molecule has 102 valence electrons. The molecule has 0 saturated heterocycles. The Balaban J connectivity index is 1.84. The van der Waals surface area contributed by atoms with Gasteiger partial charge in [-0.1, -0.05) is 48.5 Å². The van der Waals surface area contributed by atoms with Crippen LogP contribution >= 0.6 is 0 Å². The smallest absolute Gasteiger partial charge is 0.267 e. The first-order valence-corrected chi connectivity index (χ1v) is 6.68. The van der Waals surface area contributed by atoms with Gasteiger partial charge in [0, 0.05) is 11.3 Å². The maximum absolute atomic E-state index is 11.8. The number of carbonyl (C=O) groups is 1. The summed E-state index contributed by atoms with van der Waals surface area (Å²) in [6, 6.07) is 19.3. The van der Waals surface area contributed by atoms with Crippen LogP contribution in [0.25, 0.3) is 0 Å². The van der Waals surface area contributed by atoms with E-state index in [0.717, 1.165) is 18.6 Å². The standard InChI is InChI=1S/C17H18N2O/c1-14(12-13-15-8-4-2-5-9-15)18-19-17(20)16-10-6-3-7-11-16/h2-11H,12-13H2,1H3,(H,19,20). The fourth-order valence-electron chi connectivity index (χ4n) is 1.83. The summed E-state index contributed by atoms with van der Waals surface area (Å²) in [5.41, 5.74) is 5.39. The van der Waals surface area contributed by atoms with Crippen LogP contribution in [0.2, 0.25) is 0 Å². The molecule has 0 aliphatic carbocycles. The quantitative estimate of drug-likeness (QED) is 0.654. The Morgan fingerprint density at radius 1 is 1.00 bits per heavy atom. The molecule has 1 N–H and O–H groups in total. The molecule has 0 atom stereocenters. The minimum absolute atomic E-state index is 0.176. The lowest BCUT2D eigenvalue weighted by molar-refractivity contribution is 0.0954. The molecule has 0 radical (unpaired) electrons. The molecule has 0 bridgehead atoms. The first-order valence-electron chi connectivity index (χ1n) is 6.68. The fourth-order valence-corrected chi connectivity index (χ4v) is 1.83. The van der Waals surface area contributed by atoms with Crippen LogP contribution in [0.1, 0.15) is 29.3 Å². The summed E-state index contributed by atoms with van der Waals surface area (Å²) in [5, 5.41) is 4.13. The number of hydrogen-bond donors (Lipinski definition) is 1. The molecule has 0 fully saturated rings. The first kappa shape index (κ1) is 14.0. The lowest BCUT2D eigenvalue weighted by Gasteiger charge is -2.03. The van der Waals surface area contributed by atoms with Crippen molar-refractivity contribution in [2.75, 3.05) is 0 Å². The minimum Gasteiger partial charge on any atom is -0.267 e. The monoisotopic (exact) mass is 266 g/mol. The third kappa shape index (κ3) is 4.35. The van der Waals surface area contributed by atoms with E-state index in [4.69, 9.17) is 0 Å². The van der Waals surface area contributed by atoms with Crippen molar-refractivity contribution >= 4 is 11.6 Å². The van der Waals surface area contributed by atoms with Crippen LogP contribution in [0.5, 0.6) is 0 Å². The maximum atomic E-state index is 11.8. The number of benzene rings is 2. The molecule has 0 aliphatic rings. The normalized spacial score (nSPS) is 11.2. The number of carbonyl (C=O) groups excluding carboxylic acids is 1. The van der Waals surface area contributed by atoms with Gasteiger partial charge in [0.25, 0.3) is 5.91 Å². The fraction of sp³-hybridized carbons (Fsp3) is 0.176. The highest BCUT2D eigenvalue weighted by molar-refractivity contribution is 5.95. The van der Waals surface area contributed by atoms with Gasteiger partial charge >= 0.3 is 0 Å². The molecule has 0 aromatic heterocycles. The van der Waals surface area contributed by atoms with Gasteiger partial charge in [-0.25, -0.2) is 5.43 Å². The lowest BCUT2D eigenvalue weighted by Crippen LogP contribution is -2.19. The molecule has 0 saturated carbocycles. The number of hydrogen-bond acceptors (Lipinski definition) is 2. The second-order valence-corrected chi connectivity index (χ2v) is 4.64. The molecular formula is C17H18N2O. The van der Waals surface area contributed by atoms with Gasteiger partial charge in [-0.2, -0.15) is 5.10 Å². The lowest BCUT2D eigenvalue weighted by atomic mass is 10.1. The van der Waals surface area contributed by atoms with Crippen LogP contribution < -0.4 is 5.43 Å². The van der Waals surface area contributed by atoms with Gasteiger partial charge in [-0.3, -0.25) is 4.79 Å². The Kier molecular flexibility index (Phi) is 5.07. The average molecular weight is 266 g/mol. The molecule has 20 heavy (non-hydrogen) atoms. The van der Waals surface area contributed by atoms with E-state index in [0.29, 0.717) is 5.56 Å². The summed E-state index contributed by atoms with van der Waals surface area (Å²) in [5.74, 6) is -0.176. The number of nitrogens with zero attached hydrogens (tertiary/aromatic N) is 1. The van der Waals surface area contributed by atoms with Crippen LogP contribution in [0.3, 0.4) is 0 Å². The van der Waals surface area contributed by atoms with Crippen LogP contribution in [0.4, 0.5) is 0 Å². The molecule has 0 aliphatic heterocycles. The Labute approximate surface area is 119 Å². The zero-order valence-electron chi connectivity index (χ0n) is 11.5. The molecule has 0 unspecified atom stereocenters. The molecule has 0 spiro atoms. The number of nitrogens with one attached hydrogen (secondary N) is 1. The largest absolute Gasteiger partial charge is 0.271 e. The summed E-state index contributed by atoms with van der Waals surface area (Å²) >= 11 is 0. The van der Waals surface area contributed by atoms with Gasteiger partial charge < -0.3 is 0 Å². The first-order chi connectivity index (χ1) is 9.75. The molecule has 0 heterocycles. The van der Waals surface area contributed by atoms with Crippen LogP contribution in [0.15, 0.2) is 65.8 Å². The Morgan fingerprint density at radius 3 is 2.25 bits per heavy atom. The minimum atomic E-state index is -0.176. The third-order valence-electron chi connectivity index (χ3n) is 3.00. The SMILES string of the molecule is CC(CCc1ccccc1)=NNC(=O)c1ccccc1. The van der Waals surface area contributed by atoms with Gasteiger partial charge in [-0.05, 0) is 37.5 Å². The summed E-state index contributed by atoms with van der Waals surface area (Å²) in [7, 11) is 0. The molecule has 1 amide bonds. The van der Waals surface area contributed by atoms with Crippen molar-refractivity contribution in [3.8, 4) is 0 Å². The van der Waals surface area contributed by atoms with E-state index in [9.17, 15) is 4.79 Å². The van der Waals surface area contributed by atoms with Gasteiger partial charge in [0.15, 0.2) is 0 Å². The number of hydrazone groups is 1. The topological polar surface area (TPSA) is 41.5 Å². The van der Waals surface area contributed by atoms with Crippen molar-refractivity contribution in [2.45, 2.75) is 19.8 Å². The maximum Gasteiger partial charge on any atom is 0.271 e. The van der Waals surface area contributed by atoms with Crippen molar-refractivity contribution in [2.24, 2.45) is 5.10 Å². The van der Waals surface area contributed by atoms with Crippen molar-refractivity contribution in [1.29, 1.82) is 0 Å². The Bertz CT molecular complexity index is 576. The molecule has 2 aromatic rings. The highest BCUT2D eigenvalue weighted by Gasteiger charge is 2.02. The van der Waals surface area contributed by atoms with Crippen molar-refractivity contribution in [3.63, 3.8) is 0 Å². The number of amides is 1. The summed E-state index contributed by atoms with van der Waals surface area (Å²) in [6.45, 7) is 1.92. The van der Waals surface area contributed by atoms with Gasteiger partial charge in [0.2, 0.25) is 0 Å². The van der Waals surface area contributed by atoms with E-state index in [1.54, 1.807) is 12.1 Å². The zero-order chi connectivity index (χ0) is 14.2. The summed E-state index contributed by atoms with van der Waals surface area (Å²) < 4.78 is 0. The molecule has 3 nitrogen and oxygen atoms in total. The predicted molar refractivity (Wildman–Crippen MR) is 81.8 cm³/mol. The average Bonchev–Trinajstić information content (AvgIpc) is 2.52. The summed E-state index contributed by atoms with van der Waals surface area (Å²) in [4.78, 5) is 11.8. The van der Waals surface area contributed by atoms with Crippen molar-refractivity contribution in [1.82, 2.24) is 5.43 Å². The van der Waals surface area contributed by atoms with Gasteiger partial charge in [0.05, 0.1) is 0 Å². The van der Waals surface area contributed by atoms with E-state index < -0.39 is 0 Å². The van der Waals surface area contributed by atoms with Crippen LogP contribution in [-0.4, -0.2) is 11.6 Å².